The van der Waals surface area contributed by atoms with Crippen LogP contribution >= 0.6 is 21.6 Å². The van der Waals surface area contributed by atoms with Gasteiger partial charge in [0.1, 0.15) is 0 Å². The second-order valence-electron chi connectivity index (χ2n) is 7.66. The standard InChI is InChI=1S/C18H17N3O4S2/c1-16(8-19)7-18-15(23)20(3)17(2,26-27-18)14(22)21(18)13(16)10-5-4-6-11-12(10)25-9-24-11/h4-6,13H,7,9H2,1-3H3/t13?,16-,17+,18?/m1/s1. The summed E-state index contributed by atoms with van der Waals surface area (Å²) in [5, 5.41) is 10.1. The summed E-state index contributed by atoms with van der Waals surface area (Å²) in [6, 6.07) is 7.30. The largest absolute Gasteiger partial charge is 0.454 e. The molecule has 5 heterocycles. The van der Waals surface area contributed by atoms with Gasteiger partial charge >= 0.3 is 0 Å². The number of hydrogen-bond acceptors (Lipinski definition) is 7. The molecule has 0 aliphatic carbocycles. The predicted molar refractivity (Wildman–Crippen MR) is 99.6 cm³/mol. The third-order valence-corrected chi connectivity index (χ3v) is 9.77. The van der Waals surface area contributed by atoms with E-state index < -0.39 is 21.2 Å². The van der Waals surface area contributed by atoms with Crippen molar-refractivity contribution in [3.63, 3.8) is 0 Å². The number of hydrogen-bond donors (Lipinski definition) is 0. The van der Waals surface area contributed by atoms with E-state index in [9.17, 15) is 14.9 Å². The van der Waals surface area contributed by atoms with E-state index in [0.29, 0.717) is 11.5 Å². The summed E-state index contributed by atoms with van der Waals surface area (Å²) >= 11 is 0. The van der Waals surface area contributed by atoms with E-state index in [0.717, 1.165) is 5.56 Å². The summed E-state index contributed by atoms with van der Waals surface area (Å²) in [4.78, 5) is 27.9. The van der Waals surface area contributed by atoms with Crippen molar-refractivity contribution in [3.8, 4) is 17.6 Å². The van der Waals surface area contributed by atoms with Crippen LogP contribution in [0.4, 0.5) is 0 Å². The van der Waals surface area contributed by atoms with Crippen molar-refractivity contribution < 1.29 is 19.1 Å². The van der Waals surface area contributed by atoms with E-state index in [2.05, 4.69) is 6.07 Å². The van der Waals surface area contributed by atoms with Gasteiger partial charge in [-0.1, -0.05) is 33.7 Å². The summed E-state index contributed by atoms with van der Waals surface area (Å²) < 4.78 is 11.2. The average molecular weight is 403 g/mol. The molecule has 7 nitrogen and oxygen atoms in total. The minimum Gasteiger partial charge on any atom is -0.454 e. The first kappa shape index (κ1) is 17.1. The Labute approximate surface area is 164 Å². The molecular weight excluding hydrogens is 386 g/mol. The minimum atomic E-state index is -1.08. The molecule has 0 aromatic heterocycles. The highest BCUT2D eigenvalue weighted by atomic mass is 33.1. The average Bonchev–Trinajstić information content (AvgIpc) is 3.24. The van der Waals surface area contributed by atoms with Gasteiger partial charge in [0.25, 0.3) is 11.8 Å². The van der Waals surface area contributed by atoms with E-state index in [1.165, 1.54) is 26.5 Å². The molecule has 0 radical (unpaired) electrons. The number of nitriles is 1. The summed E-state index contributed by atoms with van der Waals surface area (Å²) in [6.45, 7) is 3.69. The van der Waals surface area contributed by atoms with E-state index in [1.54, 1.807) is 24.9 Å². The molecular formula is C18H17N3O4S2. The second kappa shape index (κ2) is 5.06. The number of amides is 2. The molecule has 0 N–H and O–H groups in total. The molecule has 2 unspecified atom stereocenters. The van der Waals surface area contributed by atoms with Crippen LogP contribution in [0, 0.1) is 16.7 Å². The van der Waals surface area contributed by atoms with Gasteiger partial charge in [-0.3, -0.25) is 9.59 Å². The Morgan fingerprint density at radius 1 is 1.22 bits per heavy atom. The Morgan fingerprint density at radius 2 is 2.00 bits per heavy atom. The van der Waals surface area contributed by atoms with Gasteiger partial charge < -0.3 is 19.3 Å². The molecule has 1 aromatic rings. The highest BCUT2D eigenvalue weighted by Crippen LogP contribution is 2.70. The third-order valence-electron chi connectivity index (χ3n) is 6.07. The number of likely N-dealkylation sites (N-methyl/N-ethyl adjacent to an activating group) is 1. The lowest BCUT2D eigenvalue weighted by molar-refractivity contribution is -0.164. The lowest BCUT2D eigenvalue weighted by atomic mass is 9.79. The quantitative estimate of drug-likeness (QED) is 0.666. The molecule has 140 valence electrons. The van der Waals surface area contributed by atoms with Gasteiger partial charge in [0.15, 0.2) is 21.2 Å². The molecule has 4 atom stereocenters. The maximum absolute atomic E-state index is 13.5. The first-order valence-electron chi connectivity index (χ1n) is 8.57. The molecule has 5 aliphatic heterocycles. The topological polar surface area (TPSA) is 82.9 Å². The van der Waals surface area contributed by atoms with Gasteiger partial charge in [0.05, 0.1) is 17.5 Å². The van der Waals surface area contributed by atoms with Crippen molar-refractivity contribution in [2.24, 2.45) is 5.41 Å². The van der Waals surface area contributed by atoms with Crippen LogP contribution in [0.3, 0.4) is 0 Å². The van der Waals surface area contributed by atoms with Crippen LogP contribution in [0.2, 0.25) is 0 Å². The van der Waals surface area contributed by atoms with Crippen LogP contribution in [0.5, 0.6) is 11.5 Å². The maximum Gasteiger partial charge on any atom is 0.261 e. The van der Waals surface area contributed by atoms with E-state index in [-0.39, 0.29) is 25.0 Å². The van der Waals surface area contributed by atoms with E-state index in [1.807, 2.05) is 19.1 Å². The van der Waals surface area contributed by atoms with Crippen LogP contribution < -0.4 is 9.47 Å². The molecule has 4 saturated heterocycles. The maximum atomic E-state index is 13.5. The zero-order valence-corrected chi connectivity index (χ0v) is 16.6. The lowest BCUT2D eigenvalue weighted by Crippen LogP contribution is -2.73. The van der Waals surface area contributed by atoms with Crippen LogP contribution in [0.15, 0.2) is 18.2 Å². The third kappa shape index (κ3) is 1.81. The number of rotatable bonds is 1. The van der Waals surface area contributed by atoms with Crippen LogP contribution in [-0.2, 0) is 9.59 Å². The van der Waals surface area contributed by atoms with Crippen LogP contribution in [0.25, 0.3) is 0 Å². The van der Waals surface area contributed by atoms with Gasteiger partial charge in [-0.2, -0.15) is 5.26 Å². The number of ether oxygens (including phenoxy) is 2. The predicted octanol–water partition coefficient (Wildman–Crippen LogP) is 2.50. The molecule has 5 aliphatic rings. The molecule has 27 heavy (non-hydrogen) atoms. The Morgan fingerprint density at radius 3 is 2.74 bits per heavy atom. The van der Waals surface area contributed by atoms with Crippen molar-refractivity contribution in [2.75, 3.05) is 13.8 Å². The number of benzene rings is 1. The van der Waals surface area contributed by atoms with E-state index >= 15 is 0 Å². The van der Waals surface area contributed by atoms with Gasteiger partial charge in [-0.15, -0.1) is 0 Å². The minimum absolute atomic E-state index is 0.103. The summed E-state index contributed by atoms with van der Waals surface area (Å²) in [7, 11) is 4.47. The van der Waals surface area contributed by atoms with Crippen molar-refractivity contribution in [3.05, 3.63) is 23.8 Å². The zero-order chi connectivity index (χ0) is 19.2. The van der Waals surface area contributed by atoms with Gasteiger partial charge in [-0.25, -0.2) is 0 Å². The Bertz CT molecular complexity index is 949. The molecule has 1 aromatic carbocycles. The fraction of sp³-hybridized carbons (Fsp3) is 0.500. The number of para-hydroxylation sites is 1. The van der Waals surface area contributed by atoms with Crippen LogP contribution in [0.1, 0.15) is 31.9 Å². The monoisotopic (exact) mass is 403 g/mol. The van der Waals surface area contributed by atoms with E-state index in [4.69, 9.17) is 9.47 Å². The Hall–Kier alpha value is -2.05. The zero-order valence-electron chi connectivity index (χ0n) is 15.0. The Balaban J connectivity index is 1.75. The molecule has 6 rings (SSSR count). The summed E-state index contributed by atoms with van der Waals surface area (Å²) in [5.41, 5.74) is -0.215. The first-order chi connectivity index (χ1) is 12.8. The molecule has 4 fully saturated rings. The SMILES string of the molecule is CN1C(=O)C23C[C@](C)(C#N)C(c4cccc5c4OCO5)N2C(=O)[C@]1(C)SS3. The Kier molecular flexibility index (Phi) is 3.20. The molecule has 1 spiro atoms. The second-order valence-corrected chi connectivity index (χ2v) is 10.5. The fourth-order valence-electron chi connectivity index (χ4n) is 4.55. The summed E-state index contributed by atoms with van der Waals surface area (Å²) in [6.07, 6.45) is 0.272. The smallest absolute Gasteiger partial charge is 0.261 e. The van der Waals surface area contributed by atoms with Gasteiger partial charge in [0.2, 0.25) is 6.79 Å². The highest BCUT2D eigenvalue weighted by molar-refractivity contribution is 8.78. The summed E-state index contributed by atoms with van der Waals surface area (Å²) in [5.74, 6) is 0.884. The van der Waals surface area contributed by atoms with Crippen molar-refractivity contribution >= 4 is 33.4 Å². The van der Waals surface area contributed by atoms with Crippen LogP contribution in [-0.4, -0.2) is 45.2 Å². The highest BCUT2D eigenvalue weighted by Gasteiger charge is 2.75. The van der Waals surface area contributed by atoms with Gasteiger partial charge in [0, 0.05) is 19.0 Å². The fourth-order valence-corrected chi connectivity index (χ4v) is 8.14. The van der Waals surface area contributed by atoms with Gasteiger partial charge in [-0.05, 0) is 19.9 Å². The number of piperazine rings is 1. The van der Waals surface area contributed by atoms with Crippen molar-refractivity contribution in [1.29, 1.82) is 5.26 Å². The first-order valence-corrected chi connectivity index (χ1v) is 10.7. The molecule has 2 amide bonds. The lowest BCUT2D eigenvalue weighted by Gasteiger charge is -2.57. The number of fused-ring (bicyclic) bond motifs is 3. The van der Waals surface area contributed by atoms with Crippen molar-refractivity contribution in [2.45, 2.75) is 36.1 Å². The molecule has 2 bridgehead atoms. The number of carbonyl (C=O) groups is 2. The van der Waals surface area contributed by atoms with Crippen molar-refractivity contribution in [1.82, 2.24) is 9.80 Å². The number of carbonyl (C=O) groups excluding carboxylic acids is 2. The normalized spacial score (nSPS) is 39.0. The molecule has 9 heteroatoms. The number of nitrogens with zero attached hydrogens (tertiary/aromatic N) is 3. The molecule has 0 saturated carbocycles.